The third-order valence-electron chi connectivity index (χ3n) is 4.42. The minimum Gasteiger partial charge on any atom is -0.369 e. The molecular weight excluding hydrogens is 512 g/mol. The van der Waals surface area contributed by atoms with Crippen LogP contribution in [-0.2, 0) is 10.2 Å². The number of rotatable bonds is 4. The molecule has 5 nitrogen and oxygen atoms in total. The molecule has 0 radical (unpaired) electrons. The molecule has 1 aliphatic carbocycles. The molecule has 16 heteroatoms. The Bertz CT molecular complexity index is 1150. The Hall–Kier alpha value is -1.88. The molecule has 2 N–H and O–H groups in total. The first kappa shape index (κ1) is 22.8. The standard InChI is InChI=1S/C14H6Cl3F7N4OS/c15-6-1-5(30(20,21,22,23)24)2-7(16)10(6)28-11(17)9(8(3-25)27-28)13(12(26)29)4-14(13,18)19/h1-2H,4H2,(H2,26,29). The quantitative estimate of drug-likeness (QED) is 0.496. The van der Waals surface area contributed by atoms with E-state index in [4.69, 9.17) is 40.5 Å². The van der Waals surface area contributed by atoms with Gasteiger partial charge in [-0.1, -0.05) is 54.2 Å². The van der Waals surface area contributed by atoms with Gasteiger partial charge in [0.05, 0.1) is 10.0 Å². The van der Waals surface area contributed by atoms with E-state index in [9.17, 15) is 38.3 Å². The topological polar surface area (TPSA) is 84.7 Å². The Morgan fingerprint density at radius 3 is 1.97 bits per heavy atom. The fourth-order valence-corrected chi connectivity index (χ4v) is 4.75. The monoisotopic (exact) mass is 516 g/mol. The van der Waals surface area contributed by atoms with Gasteiger partial charge in [0, 0.05) is 12.0 Å². The van der Waals surface area contributed by atoms with E-state index in [0.717, 1.165) is 0 Å². The van der Waals surface area contributed by atoms with Crippen LogP contribution < -0.4 is 5.73 Å². The van der Waals surface area contributed by atoms with Gasteiger partial charge in [-0.2, -0.15) is 10.4 Å². The van der Waals surface area contributed by atoms with Crippen molar-refractivity contribution in [1.82, 2.24) is 9.78 Å². The van der Waals surface area contributed by atoms with Crippen molar-refractivity contribution in [3.8, 4) is 11.8 Å². The minimum atomic E-state index is -10.2. The van der Waals surface area contributed by atoms with Crippen LogP contribution in [0.3, 0.4) is 0 Å². The molecule has 164 valence electrons. The molecule has 1 saturated carbocycles. The number of nitriles is 1. The lowest BCUT2D eigenvalue weighted by Gasteiger charge is -2.40. The van der Waals surface area contributed by atoms with Gasteiger partial charge in [-0.3, -0.25) is 4.79 Å². The van der Waals surface area contributed by atoms with Crippen molar-refractivity contribution in [2.45, 2.75) is 22.7 Å². The maximum Gasteiger partial charge on any atom is 0.310 e. The average molecular weight is 518 g/mol. The van der Waals surface area contributed by atoms with E-state index in [1.807, 2.05) is 0 Å². The fourth-order valence-electron chi connectivity index (χ4n) is 2.92. The van der Waals surface area contributed by atoms with Crippen molar-refractivity contribution >= 4 is 50.9 Å². The van der Waals surface area contributed by atoms with Crippen molar-refractivity contribution in [3.63, 3.8) is 0 Å². The predicted octanol–water partition coefficient (Wildman–Crippen LogP) is 6.12. The predicted molar refractivity (Wildman–Crippen MR) is 95.1 cm³/mol. The van der Waals surface area contributed by atoms with Crippen LogP contribution in [0.4, 0.5) is 28.2 Å². The summed E-state index contributed by atoms with van der Waals surface area (Å²) < 4.78 is 93.5. The lowest BCUT2D eigenvalue weighted by molar-refractivity contribution is -0.123. The first-order valence-electron chi connectivity index (χ1n) is 7.37. The molecule has 1 aliphatic rings. The number of nitrogens with two attached hydrogens (primary N) is 1. The molecule has 3 rings (SSSR count). The zero-order valence-corrected chi connectivity index (χ0v) is 17.0. The Kier molecular flexibility index (Phi) is 4.31. The molecule has 1 aromatic heterocycles. The summed E-state index contributed by atoms with van der Waals surface area (Å²) in [4.78, 5) is 9.29. The van der Waals surface area contributed by atoms with Crippen LogP contribution in [0.1, 0.15) is 17.7 Å². The Balaban J connectivity index is 2.30. The average Bonchev–Trinajstić information content (AvgIpc) is 2.97. The van der Waals surface area contributed by atoms with Crippen molar-refractivity contribution in [2.75, 3.05) is 0 Å². The lowest BCUT2D eigenvalue weighted by atomic mass is 9.95. The van der Waals surface area contributed by atoms with Crippen LogP contribution in [0.2, 0.25) is 15.2 Å². The summed E-state index contributed by atoms with van der Waals surface area (Å²) in [5, 5.41) is 9.89. The van der Waals surface area contributed by atoms with E-state index in [1.54, 1.807) is 0 Å². The number of amides is 1. The van der Waals surface area contributed by atoms with Crippen LogP contribution in [0.5, 0.6) is 0 Å². The van der Waals surface area contributed by atoms with Crippen LogP contribution in [0.25, 0.3) is 5.69 Å². The third-order valence-corrected chi connectivity index (χ3v) is 6.47. The van der Waals surface area contributed by atoms with Gasteiger partial charge in [-0.05, 0) is 12.1 Å². The number of halogens is 10. The number of aromatic nitrogens is 2. The van der Waals surface area contributed by atoms with Crippen molar-refractivity contribution in [3.05, 3.63) is 38.6 Å². The second-order valence-corrected chi connectivity index (χ2v) is 9.98. The van der Waals surface area contributed by atoms with E-state index in [2.05, 4.69) is 5.10 Å². The van der Waals surface area contributed by atoms with Crippen LogP contribution in [0.15, 0.2) is 17.0 Å². The summed E-state index contributed by atoms with van der Waals surface area (Å²) in [5.41, 5.74) is 0.0746. The second-order valence-electron chi connectivity index (χ2n) is 6.39. The van der Waals surface area contributed by atoms with Crippen molar-refractivity contribution in [2.24, 2.45) is 5.73 Å². The molecule has 1 amide bonds. The summed E-state index contributed by atoms with van der Waals surface area (Å²) in [6.07, 6.45) is -1.10. The van der Waals surface area contributed by atoms with Crippen LogP contribution in [-0.4, -0.2) is 21.6 Å². The van der Waals surface area contributed by atoms with Crippen LogP contribution >= 0.6 is 45.0 Å². The van der Waals surface area contributed by atoms with E-state index >= 15 is 0 Å². The molecule has 0 aliphatic heterocycles. The second kappa shape index (κ2) is 5.67. The first-order chi connectivity index (χ1) is 13.3. The summed E-state index contributed by atoms with van der Waals surface area (Å²) >= 11 is 17.4. The molecule has 0 bridgehead atoms. The Morgan fingerprint density at radius 2 is 1.63 bits per heavy atom. The van der Waals surface area contributed by atoms with E-state index in [1.165, 1.54) is 6.07 Å². The highest BCUT2D eigenvalue weighted by Crippen LogP contribution is 3.02. The lowest BCUT2D eigenvalue weighted by Crippen LogP contribution is -2.34. The molecule has 1 heterocycles. The molecule has 0 saturated heterocycles. The van der Waals surface area contributed by atoms with Crippen LogP contribution in [0, 0.1) is 11.3 Å². The van der Waals surface area contributed by atoms with Gasteiger partial charge in [0.2, 0.25) is 5.91 Å². The molecule has 30 heavy (non-hydrogen) atoms. The Labute approximate surface area is 177 Å². The highest BCUT2D eigenvalue weighted by Gasteiger charge is 2.78. The summed E-state index contributed by atoms with van der Waals surface area (Å²) in [5.74, 6) is -5.21. The number of hydrogen-bond acceptors (Lipinski definition) is 3. The zero-order valence-electron chi connectivity index (χ0n) is 13.9. The normalized spacial score (nSPS) is 22.7. The minimum absolute atomic E-state index is 0.149. The largest absolute Gasteiger partial charge is 0.369 e. The number of nitrogens with zero attached hydrogens (tertiary/aromatic N) is 3. The molecule has 2 aromatic rings. The summed E-state index contributed by atoms with van der Waals surface area (Å²) in [7, 11) is -10.2. The maximum absolute atomic E-state index is 14.0. The van der Waals surface area contributed by atoms with Gasteiger partial charge in [-0.25, -0.2) is 13.5 Å². The molecule has 1 unspecified atom stereocenters. The van der Waals surface area contributed by atoms with E-state index < -0.39 is 70.9 Å². The fraction of sp³-hybridized carbons (Fsp3) is 0.214. The number of carbonyl (C=O) groups is 1. The number of primary amides is 1. The first-order valence-corrected chi connectivity index (χ1v) is 10.5. The van der Waals surface area contributed by atoms with Gasteiger partial charge >= 0.3 is 10.2 Å². The Morgan fingerprint density at radius 1 is 1.17 bits per heavy atom. The molecular formula is C14H6Cl3F7N4OS. The highest BCUT2D eigenvalue weighted by atomic mass is 35.5. The third kappa shape index (κ3) is 3.26. The molecule has 1 atom stereocenters. The molecule has 1 aromatic carbocycles. The number of alkyl halides is 2. The molecule has 1 fully saturated rings. The van der Waals surface area contributed by atoms with Gasteiger partial charge in [-0.15, -0.1) is 0 Å². The molecule has 0 spiro atoms. The maximum atomic E-state index is 14.0. The number of hydrogen-bond donors (Lipinski definition) is 1. The van der Waals surface area contributed by atoms with Gasteiger partial charge in [0.25, 0.3) is 5.92 Å². The van der Waals surface area contributed by atoms with Gasteiger partial charge in [0.15, 0.2) is 5.69 Å². The summed E-state index contributed by atoms with van der Waals surface area (Å²) in [6, 6.07) is 1.12. The van der Waals surface area contributed by atoms with Crippen molar-refractivity contribution < 1.29 is 33.0 Å². The number of benzene rings is 1. The van der Waals surface area contributed by atoms with Crippen molar-refractivity contribution in [1.29, 1.82) is 5.26 Å². The SMILES string of the molecule is N#Cc1nn(-c2c(Cl)cc(S(F)(F)(F)(F)F)cc2Cl)c(Cl)c1C1(C(N)=O)CC1(F)F. The highest BCUT2D eigenvalue weighted by molar-refractivity contribution is 8.45. The number of carbonyl (C=O) groups excluding carboxylic acids is 1. The van der Waals surface area contributed by atoms with Gasteiger partial charge < -0.3 is 5.73 Å². The van der Waals surface area contributed by atoms with E-state index in [-0.39, 0.29) is 12.1 Å². The zero-order chi connectivity index (χ0) is 23.1. The smallest absolute Gasteiger partial charge is 0.310 e. The van der Waals surface area contributed by atoms with Gasteiger partial charge in [0.1, 0.15) is 27.2 Å². The van der Waals surface area contributed by atoms with E-state index in [0.29, 0.717) is 4.68 Å². The summed E-state index contributed by atoms with van der Waals surface area (Å²) in [6.45, 7) is 0.